The van der Waals surface area contributed by atoms with Crippen molar-refractivity contribution < 1.29 is 0 Å². The van der Waals surface area contributed by atoms with Crippen LogP contribution < -0.4 is 15.1 Å². The van der Waals surface area contributed by atoms with Gasteiger partial charge in [0.2, 0.25) is 0 Å². The molecule has 1 unspecified atom stereocenters. The summed E-state index contributed by atoms with van der Waals surface area (Å²) < 4.78 is 0. The first-order valence-corrected chi connectivity index (χ1v) is 13.9. The summed E-state index contributed by atoms with van der Waals surface area (Å²) in [7, 11) is 0. The third-order valence-corrected chi connectivity index (χ3v) is 8.26. The molecule has 4 aromatic rings. The van der Waals surface area contributed by atoms with E-state index < -0.39 is 0 Å². The monoisotopic (exact) mass is 516 g/mol. The van der Waals surface area contributed by atoms with E-state index in [9.17, 15) is 0 Å². The average Bonchev–Trinajstić information content (AvgIpc) is 3.40. The number of hydrogen-bond acceptors (Lipinski definition) is 4. The van der Waals surface area contributed by atoms with Crippen molar-refractivity contribution in [2.24, 2.45) is 0 Å². The highest BCUT2D eigenvalue weighted by Crippen LogP contribution is 2.50. The first-order valence-electron chi connectivity index (χ1n) is 13.9. The van der Waals surface area contributed by atoms with Gasteiger partial charge in [-0.1, -0.05) is 66.7 Å². The van der Waals surface area contributed by atoms with Crippen molar-refractivity contribution in [3.8, 4) is 11.1 Å². The van der Waals surface area contributed by atoms with Crippen LogP contribution in [0.15, 0.2) is 145 Å². The minimum Gasteiger partial charge on any atom is -0.387 e. The van der Waals surface area contributed by atoms with Crippen molar-refractivity contribution in [2.75, 3.05) is 16.3 Å². The van der Waals surface area contributed by atoms with E-state index in [1.54, 1.807) is 0 Å². The molecule has 4 heteroatoms. The minimum atomic E-state index is 0.222. The van der Waals surface area contributed by atoms with E-state index in [0.29, 0.717) is 0 Å². The van der Waals surface area contributed by atoms with Crippen LogP contribution in [0.1, 0.15) is 17.5 Å². The zero-order valence-electron chi connectivity index (χ0n) is 22.0. The SMILES string of the molecule is C1=CC(c2ccnc(N3C4=C(C=C5C=CN(c6ccccc6)C5C4)c4ccccc4-c4ccccc43)c2)=CCN1. The quantitative estimate of drug-likeness (QED) is 0.301. The smallest absolute Gasteiger partial charge is 0.137 e. The van der Waals surface area contributed by atoms with Crippen molar-refractivity contribution in [1.82, 2.24) is 10.3 Å². The number of para-hydroxylation sites is 2. The second-order valence-corrected chi connectivity index (χ2v) is 10.5. The van der Waals surface area contributed by atoms with Crippen LogP contribution in [0.4, 0.5) is 17.2 Å². The number of benzene rings is 3. The van der Waals surface area contributed by atoms with Gasteiger partial charge in [0.15, 0.2) is 0 Å². The van der Waals surface area contributed by atoms with Crippen molar-refractivity contribution >= 4 is 28.3 Å². The molecular formula is C36H28N4. The van der Waals surface area contributed by atoms with Gasteiger partial charge < -0.3 is 10.2 Å². The molecule has 4 heterocycles. The van der Waals surface area contributed by atoms with Crippen LogP contribution in [0.25, 0.3) is 22.3 Å². The minimum absolute atomic E-state index is 0.222. The van der Waals surface area contributed by atoms with Crippen LogP contribution >= 0.6 is 0 Å². The zero-order valence-corrected chi connectivity index (χ0v) is 22.0. The number of allylic oxidation sites excluding steroid dienone is 4. The van der Waals surface area contributed by atoms with Gasteiger partial charge in [0, 0.05) is 47.9 Å². The van der Waals surface area contributed by atoms with Gasteiger partial charge in [-0.25, -0.2) is 4.98 Å². The van der Waals surface area contributed by atoms with Crippen LogP contribution in [0.3, 0.4) is 0 Å². The Morgan fingerprint density at radius 2 is 1.60 bits per heavy atom. The van der Waals surface area contributed by atoms with Gasteiger partial charge in [-0.2, -0.15) is 0 Å². The lowest BCUT2D eigenvalue weighted by Crippen LogP contribution is -2.33. The number of anilines is 3. The van der Waals surface area contributed by atoms with E-state index in [1.165, 1.54) is 50.4 Å². The Kier molecular flexibility index (Phi) is 5.30. The molecule has 0 saturated carbocycles. The Morgan fingerprint density at radius 1 is 0.800 bits per heavy atom. The van der Waals surface area contributed by atoms with Gasteiger partial charge >= 0.3 is 0 Å². The Morgan fingerprint density at radius 3 is 2.45 bits per heavy atom. The van der Waals surface area contributed by atoms with Crippen molar-refractivity contribution in [1.29, 1.82) is 0 Å². The van der Waals surface area contributed by atoms with E-state index in [1.807, 2.05) is 12.4 Å². The number of dihydropyridines is 1. The lowest BCUT2D eigenvalue weighted by molar-refractivity contribution is 0.740. The molecule has 4 nitrogen and oxygen atoms in total. The maximum absolute atomic E-state index is 4.99. The number of nitrogens with one attached hydrogen (secondary N) is 1. The van der Waals surface area contributed by atoms with Crippen molar-refractivity contribution in [3.63, 3.8) is 0 Å². The summed E-state index contributed by atoms with van der Waals surface area (Å²) in [5, 5.41) is 3.26. The number of pyridine rings is 1. The van der Waals surface area contributed by atoms with Gasteiger partial charge in [0.25, 0.3) is 0 Å². The van der Waals surface area contributed by atoms with Gasteiger partial charge in [0.1, 0.15) is 5.82 Å². The summed E-state index contributed by atoms with van der Waals surface area (Å²) in [6.07, 6.45) is 16.1. The van der Waals surface area contributed by atoms with Gasteiger partial charge in [0.05, 0.1) is 11.7 Å². The highest BCUT2D eigenvalue weighted by molar-refractivity contribution is 5.99. The second-order valence-electron chi connectivity index (χ2n) is 10.5. The molecule has 1 N–H and O–H groups in total. The van der Waals surface area contributed by atoms with Crippen LogP contribution in [-0.4, -0.2) is 17.6 Å². The van der Waals surface area contributed by atoms with Crippen LogP contribution in [-0.2, 0) is 0 Å². The molecule has 0 fully saturated rings. The first kappa shape index (κ1) is 22.9. The fourth-order valence-electron chi connectivity index (χ4n) is 6.40. The molecule has 0 radical (unpaired) electrons. The molecule has 4 aliphatic rings. The zero-order chi connectivity index (χ0) is 26.5. The first-order chi connectivity index (χ1) is 19.8. The Labute approximate surface area is 234 Å². The number of aromatic nitrogens is 1. The number of nitrogens with zero attached hydrogens (tertiary/aromatic N) is 3. The lowest BCUT2D eigenvalue weighted by Gasteiger charge is -2.36. The number of rotatable bonds is 3. The lowest BCUT2D eigenvalue weighted by atomic mass is 9.86. The van der Waals surface area contributed by atoms with E-state index in [4.69, 9.17) is 4.98 Å². The Bertz CT molecular complexity index is 1790. The fourth-order valence-corrected chi connectivity index (χ4v) is 6.40. The van der Waals surface area contributed by atoms with E-state index >= 15 is 0 Å². The normalized spacial score (nSPS) is 18.6. The molecular weight excluding hydrogens is 488 g/mol. The van der Waals surface area contributed by atoms with E-state index in [0.717, 1.165) is 24.5 Å². The largest absolute Gasteiger partial charge is 0.387 e. The molecule has 3 aliphatic heterocycles. The predicted molar refractivity (Wildman–Crippen MR) is 165 cm³/mol. The Hall–Kier alpha value is -5.09. The summed E-state index contributed by atoms with van der Waals surface area (Å²) in [5.74, 6) is 0.937. The molecule has 0 bridgehead atoms. The summed E-state index contributed by atoms with van der Waals surface area (Å²) in [6.45, 7) is 0.832. The molecule has 40 heavy (non-hydrogen) atoms. The van der Waals surface area contributed by atoms with Crippen molar-refractivity contribution in [2.45, 2.75) is 12.5 Å². The molecule has 1 aromatic heterocycles. The van der Waals surface area contributed by atoms with Crippen molar-refractivity contribution in [3.05, 3.63) is 156 Å². The van der Waals surface area contributed by atoms with Crippen LogP contribution in [0.2, 0.25) is 0 Å². The third-order valence-electron chi connectivity index (χ3n) is 8.26. The highest BCUT2D eigenvalue weighted by Gasteiger charge is 2.36. The van der Waals surface area contributed by atoms with E-state index in [2.05, 4.69) is 137 Å². The maximum atomic E-state index is 4.99. The number of fused-ring (bicyclic) bond motifs is 5. The summed E-state index contributed by atoms with van der Waals surface area (Å²) in [6, 6.07) is 32.8. The predicted octanol–water partition coefficient (Wildman–Crippen LogP) is 7.84. The molecule has 8 rings (SSSR count). The molecule has 0 amide bonds. The van der Waals surface area contributed by atoms with Gasteiger partial charge in [-0.3, -0.25) is 4.90 Å². The van der Waals surface area contributed by atoms with Gasteiger partial charge in [-0.05, 0) is 82.6 Å². The van der Waals surface area contributed by atoms with Crippen LogP contribution in [0, 0.1) is 0 Å². The fraction of sp³-hybridized carbons (Fsp3) is 0.0833. The maximum Gasteiger partial charge on any atom is 0.137 e. The molecule has 192 valence electrons. The topological polar surface area (TPSA) is 31.4 Å². The molecule has 0 spiro atoms. The Balaban J connectivity index is 1.34. The number of hydrogen-bond donors (Lipinski definition) is 1. The summed E-state index contributed by atoms with van der Waals surface area (Å²) >= 11 is 0. The highest BCUT2D eigenvalue weighted by atomic mass is 15.2. The molecule has 1 atom stereocenters. The van der Waals surface area contributed by atoms with Crippen LogP contribution in [0.5, 0.6) is 0 Å². The summed E-state index contributed by atoms with van der Waals surface area (Å²) in [4.78, 5) is 9.81. The van der Waals surface area contributed by atoms with Gasteiger partial charge in [-0.15, -0.1) is 0 Å². The molecule has 3 aromatic carbocycles. The summed E-state index contributed by atoms with van der Waals surface area (Å²) in [5.41, 5.74) is 12.4. The third kappa shape index (κ3) is 3.64. The molecule has 0 saturated heterocycles. The molecule has 1 aliphatic carbocycles. The second kappa shape index (κ2) is 9.28. The standard InChI is InChI=1S/C36H28N4/c1-2-8-28(9-3-1)39-21-17-27-22-32-30-11-5-4-10-29(30)31-12-6-7-13-33(31)40(35(32)24-34(27)39)36-23-26(16-20-38-36)25-14-18-37-19-15-25/h1-18,20-23,34,37H,19,24H2. The van der Waals surface area contributed by atoms with E-state index in [-0.39, 0.29) is 6.04 Å². The average molecular weight is 517 g/mol.